The molecule has 1 aromatic carbocycles. The Labute approximate surface area is 130 Å². The Hall–Kier alpha value is -2.08. The number of benzene rings is 1. The maximum absolute atomic E-state index is 8.91. The van der Waals surface area contributed by atoms with Crippen LogP contribution < -0.4 is 15.2 Å². The number of rotatable bonds is 2. The second-order valence-corrected chi connectivity index (χ2v) is 5.28. The number of ether oxygens (including phenoxy) is 2. The van der Waals surface area contributed by atoms with Crippen molar-refractivity contribution in [2.45, 2.75) is 38.2 Å². The summed E-state index contributed by atoms with van der Waals surface area (Å²) in [5.41, 5.74) is 6.95. The first-order valence-electron chi connectivity index (χ1n) is 7.46. The average molecular weight is 305 g/mol. The SMILES string of the molecule is COc1cc2ncc(N)nc2cc1OC.OC1CCCCC1. The van der Waals surface area contributed by atoms with Crippen LogP contribution in [0.4, 0.5) is 5.82 Å². The summed E-state index contributed by atoms with van der Waals surface area (Å²) in [6, 6.07) is 3.51. The Morgan fingerprint density at radius 3 is 2.14 bits per heavy atom. The van der Waals surface area contributed by atoms with E-state index in [2.05, 4.69) is 9.97 Å². The van der Waals surface area contributed by atoms with Crippen LogP contribution in [0.3, 0.4) is 0 Å². The Morgan fingerprint density at radius 1 is 1.05 bits per heavy atom. The van der Waals surface area contributed by atoms with E-state index in [1.165, 1.54) is 25.5 Å². The van der Waals surface area contributed by atoms with Gasteiger partial charge < -0.3 is 20.3 Å². The first kappa shape index (κ1) is 16.3. The molecule has 3 rings (SSSR count). The minimum absolute atomic E-state index is 0.0359. The molecule has 0 atom stereocenters. The highest BCUT2D eigenvalue weighted by Gasteiger charge is 2.08. The Kier molecular flexibility index (Phi) is 5.77. The predicted molar refractivity (Wildman–Crippen MR) is 86.1 cm³/mol. The Bertz CT molecular complexity index is 613. The summed E-state index contributed by atoms with van der Waals surface area (Å²) in [6.45, 7) is 0. The van der Waals surface area contributed by atoms with Crippen LogP contribution in [-0.4, -0.2) is 35.4 Å². The highest BCUT2D eigenvalue weighted by Crippen LogP contribution is 2.30. The number of hydrogen-bond donors (Lipinski definition) is 2. The van der Waals surface area contributed by atoms with Crippen LogP contribution in [0.2, 0.25) is 0 Å². The van der Waals surface area contributed by atoms with Crippen molar-refractivity contribution in [1.82, 2.24) is 9.97 Å². The van der Waals surface area contributed by atoms with Crippen LogP contribution in [0.1, 0.15) is 32.1 Å². The largest absolute Gasteiger partial charge is 0.493 e. The highest BCUT2D eigenvalue weighted by atomic mass is 16.5. The molecule has 1 aliphatic rings. The molecule has 1 aromatic heterocycles. The molecule has 6 heteroatoms. The van der Waals surface area contributed by atoms with Gasteiger partial charge >= 0.3 is 0 Å². The van der Waals surface area contributed by atoms with E-state index in [4.69, 9.17) is 20.3 Å². The molecular formula is C16H23N3O3. The topological polar surface area (TPSA) is 90.5 Å². The van der Waals surface area contributed by atoms with E-state index in [0.29, 0.717) is 22.8 Å². The summed E-state index contributed by atoms with van der Waals surface area (Å²) in [4.78, 5) is 8.28. The minimum atomic E-state index is 0.0359. The van der Waals surface area contributed by atoms with E-state index in [1.54, 1.807) is 26.4 Å². The van der Waals surface area contributed by atoms with Gasteiger partial charge in [-0.3, -0.25) is 4.98 Å². The first-order chi connectivity index (χ1) is 10.6. The summed E-state index contributed by atoms with van der Waals surface area (Å²) < 4.78 is 10.3. The van der Waals surface area contributed by atoms with Crippen LogP contribution in [0.25, 0.3) is 11.0 Å². The van der Waals surface area contributed by atoms with Crippen molar-refractivity contribution in [2.75, 3.05) is 20.0 Å². The van der Waals surface area contributed by atoms with Gasteiger partial charge in [-0.25, -0.2) is 4.98 Å². The number of aromatic nitrogens is 2. The zero-order valence-electron chi connectivity index (χ0n) is 13.1. The van der Waals surface area contributed by atoms with Crippen molar-refractivity contribution >= 4 is 16.9 Å². The van der Waals surface area contributed by atoms with Crippen molar-refractivity contribution in [2.24, 2.45) is 0 Å². The van der Waals surface area contributed by atoms with Crippen LogP contribution in [0.5, 0.6) is 11.5 Å². The lowest BCUT2D eigenvalue weighted by Gasteiger charge is -2.14. The molecule has 0 unspecified atom stereocenters. The van der Waals surface area contributed by atoms with Gasteiger partial charge in [-0.05, 0) is 12.8 Å². The molecule has 1 saturated carbocycles. The molecule has 0 saturated heterocycles. The quantitative estimate of drug-likeness (QED) is 0.886. The summed E-state index contributed by atoms with van der Waals surface area (Å²) >= 11 is 0. The van der Waals surface area contributed by atoms with E-state index in [9.17, 15) is 0 Å². The number of nitrogens with two attached hydrogens (primary N) is 1. The molecule has 22 heavy (non-hydrogen) atoms. The van der Waals surface area contributed by atoms with Crippen molar-refractivity contribution in [3.05, 3.63) is 18.3 Å². The van der Waals surface area contributed by atoms with Gasteiger partial charge in [-0.2, -0.15) is 0 Å². The third-order valence-electron chi connectivity index (χ3n) is 3.64. The monoisotopic (exact) mass is 305 g/mol. The van der Waals surface area contributed by atoms with Crippen molar-refractivity contribution in [1.29, 1.82) is 0 Å². The molecule has 1 heterocycles. The lowest BCUT2D eigenvalue weighted by Crippen LogP contribution is -2.09. The second-order valence-electron chi connectivity index (χ2n) is 5.28. The molecule has 0 radical (unpaired) electrons. The maximum atomic E-state index is 8.91. The predicted octanol–water partition coefficient (Wildman–Crippen LogP) is 2.54. The second kappa shape index (κ2) is 7.79. The molecule has 120 valence electrons. The molecule has 0 aliphatic heterocycles. The maximum Gasteiger partial charge on any atom is 0.163 e. The van der Waals surface area contributed by atoms with Gasteiger partial charge in [0.25, 0.3) is 0 Å². The van der Waals surface area contributed by atoms with Gasteiger partial charge in [0.05, 0.1) is 37.6 Å². The third-order valence-corrected chi connectivity index (χ3v) is 3.64. The lowest BCUT2D eigenvalue weighted by molar-refractivity contribution is 0.130. The van der Waals surface area contributed by atoms with Crippen molar-refractivity contribution in [3.63, 3.8) is 0 Å². The first-order valence-corrected chi connectivity index (χ1v) is 7.46. The number of nitrogens with zero attached hydrogens (tertiary/aromatic N) is 2. The van der Waals surface area contributed by atoms with E-state index in [0.717, 1.165) is 18.4 Å². The van der Waals surface area contributed by atoms with Gasteiger partial charge in [-0.15, -0.1) is 0 Å². The fraction of sp³-hybridized carbons (Fsp3) is 0.500. The van der Waals surface area contributed by atoms with E-state index in [1.807, 2.05) is 0 Å². The van der Waals surface area contributed by atoms with Crippen LogP contribution in [-0.2, 0) is 0 Å². The molecule has 1 aliphatic carbocycles. The fourth-order valence-electron chi connectivity index (χ4n) is 2.44. The average Bonchev–Trinajstić information content (AvgIpc) is 2.54. The smallest absolute Gasteiger partial charge is 0.163 e. The summed E-state index contributed by atoms with van der Waals surface area (Å²) in [5, 5.41) is 8.91. The minimum Gasteiger partial charge on any atom is -0.493 e. The number of aliphatic hydroxyl groups is 1. The van der Waals surface area contributed by atoms with Crippen molar-refractivity contribution in [3.8, 4) is 11.5 Å². The van der Waals surface area contributed by atoms with Gasteiger partial charge in [0.15, 0.2) is 11.5 Å². The number of fused-ring (bicyclic) bond motifs is 1. The third kappa shape index (κ3) is 4.21. The normalized spacial score (nSPS) is 15.0. The van der Waals surface area contributed by atoms with E-state index >= 15 is 0 Å². The number of anilines is 1. The summed E-state index contributed by atoms with van der Waals surface area (Å²) in [6.07, 6.45) is 7.43. The molecular weight excluding hydrogens is 282 g/mol. The fourth-order valence-corrected chi connectivity index (χ4v) is 2.44. The van der Waals surface area contributed by atoms with E-state index < -0.39 is 0 Å². The Balaban J connectivity index is 0.000000211. The number of aliphatic hydroxyl groups excluding tert-OH is 1. The molecule has 0 spiro atoms. The summed E-state index contributed by atoms with van der Waals surface area (Å²) in [7, 11) is 3.15. The molecule has 3 N–H and O–H groups in total. The molecule has 2 aromatic rings. The zero-order chi connectivity index (χ0) is 15.9. The number of nitrogen functional groups attached to an aromatic ring is 1. The van der Waals surface area contributed by atoms with Gasteiger partial charge in [0, 0.05) is 12.1 Å². The summed E-state index contributed by atoms with van der Waals surface area (Å²) in [5.74, 6) is 1.63. The lowest BCUT2D eigenvalue weighted by atomic mass is 9.98. The number of hydrogen-bond acceptors (Lipinski definition) is 6. The van der Waals surface area contributed by atoms with Crippen molar-refractivity contribution < 1.29 is 14.6 Å². The van der Waals surface area contributed by atoms with E-state index in [-0.39, 0.29) is 6.10 Å². The standard InChI is InChI=1S/C10H11N3O2.C6H12O/c1-14-8-3-6-7(4-9(8)15-2)13-10(11)5-12-6;7-6-4-2-1-3-5-6/h3-5H,1-2H3,(H2,11,13);6-7H,1-5H2. The highest BCUT2D eigenvalue weighted by molar-refractivity contribution is 5.79. The Morgan fingerprint density at radius 2 is 1.64 bits per heavy atom. The van der Waals surface area contributed by atoms with Gasteiger partial charge in [-0.1, -0.05) is 19.3 Å². The zero-order valence-corrected chi connectivity index (χ0v) is 13.1. The molecule has 1 fully saturated rings. The van der Waals surface area contributed by atoms with Crippen LogP contribution >= 0.6 is 0 Å². The van der Waals surface area contributed by atoms with Gasteiger partial charge in [0.2, 0.25) is 0 Å². The molecule has 6 nitrogen and oxygen atoms in total. The number of methoxy groups -OCH3 is 2. The van der Waals surface area contributed by atoms with Crippen LogP contribution in [0.15, 0.2) is 18.3 Å². The van der Waals surface area contributed by atoms with Gasteiger partial charge in [0.1, 0.15) is 5.82 Å². The van der Waals surface area contributed by atoms with Crippen LogP contribution in [0, 0.1) is 0 Å². The molecule has 0 amide bonds. The molecule has 0 bridgehead atoms.